The van der Waals surface area contributed by atoms with Crippen LogP contribution in [0.1, 0.15) is 0 Å². The van der Waals surface area contributed by atoms with Crippen LogP contribution in [0, 0.1) is 0 Å². The SMILES string of the molecule is [SbH2][c]1cccc2c3nc4nc(nc5[nH]c(nc6nc(nc([nH]3)c12)-c1ccccc1-6)c1ccccc51)-c1ccccc1-4. The molecule has 0 spiro atoms. The van der Waals surface area contributed by atoms with Gasteiger partial charge in [0.2, 0.25) is 0 Å². The van der Waals surface area contributed by atoms with Crippen LogP contribution in [0.2, 0.25) is 0 Å². The van der Waals surface area contributed by atoms with Gasteiger partial charge in [0.15, 0.2) is 0 Å². The number of aromatic amines is 2. The third-order valence-corrected chi connectivity index (χ3v) is 8.98. The Morgan fingerprint density at radius 2 is 0.780 bits per heavy atom. The topological polar surface area (TPSA) is 109 Å². The first kappa shape index (κ1) is 22.8. The molecule has 0 aliphatic carbocycles. The Morgan fingerprint density at radius 1 is 0.390 bits per heavy atom. The zero-order chi connectivity index (χ0) is 27.1. The Kier molecular flexibility index (Phi) is 4.75. The van der Waals surface area contributed by atoms with Crippen molar-refractivity contribution in [1.82, 2.24) is 39.9 Å². The second-order valence-electron chi connectivity index (χ2n) is 10.0. The van der Waals surface area contributed by atoms with Crippen LogP contribution in [0.4, 0.5) is 0 Å². The average molecular weight is 637 g/mol. The van der Waals surface area contributed by atoms with Gasteiger partial charge in [0.05, 0.1) is 0 Å². The van der Waals surface area contributed by atoms with Crippen molar-refractivity contribution in [1.29, 1.82) is 0 Å². The molecule has 192 valence electrons. The van der Waals surface area contributed by atoms with E-state index in [0.29, 0.717) is 40.2 Å². The summed E-state index contributed by atoms with van der Waals surface area (Å²) in [5.74, 6) is 2.44. The molecule has 0 amide bonds. The maximum absolute atomic E-state index is 5.10. The number of benzene rings is 4. The predicted molar refractivity (Wildman–Crippen MR) is 164 cm³/mol. The van der Waals surface area contributed by atoms with Gasteiger partial charge in [-0.1, -0.05) is 6.07 Å². The number of rotatable bonds is 0. The first-order valence-electron chi connectivity index (χ1n) is 13.2. The number of H-pyrrole nitrogens is 2. The molecule has 0 fully saturated rings. The summed E-state index contributed by atoms with van der Waals surface area (Å²) >= 11 is 0.938. The van der Waals surface area contributed by atoms with Gasteiger partial charge in [-0.25, -0.2) is 0 Å². The predicted octanol–water partition coefficient (Wildman–Crippen LogP) is 5.13. The second kappa shape index (κ2) is 8.53. The molecule has 4 aromatic carbocycles. The van der Waals surface area contributed by atoms with Crippen LogP contribution in [-0.4, -0.2) is 62.9 Å². The summed E-state index contributed by atoms with van der Waals surface area (Å²) in [5.41, 5.74) is 6.58. The van der Waals surface area contributed by atoms with E-state index in [-0.39, 0.29) is 0 Å². The summed E-state index contributed by atoms with van der Waals surface area (Å²) in [6, 6.07) is 30.6. The van der Waals surface area contributed by atoms with Crippen molar-refractivity contribution in [3.05, 3.63) is 91.0 Å². The number of aromatic nitrogens is 8. The van der Waals surface area contributed by atoms with E-state index in [1.54, 1.807) is 0 Å². The first-order valence-corrected chi connectivity index (χ1v) is 14.8. The molecular weight excluding hydrogens is 618 g/mol. The van der Waals surface area contributed by atoms with Crippen LogP contribution in [0.5, 0.6) is 0 Å². The molecule has 8 nitrogen and oxygen atoms in total. The molecule has 2 aliphatic rings. The van der Waals surface area contributed by atoms with Crippen molar-refractivity contribution < 1.29 is 0 Å². The van der Waals surface area contributed by atoms with E-state index in [0.717, 1.165) is 72.5 Å². The molecule has 2 aliphatic heterocycles. The van der Waals surface area contributed by atoms with Crippen LogP contribution in [0.15, 0.2) is 91.0 Å². The third kappa shape index (κ3) is 3.41. The summed E-state index contributed by atoms with van der Waals surface area (Å²) in [5, 5.41) is 3.98. The van der Waals surface area contributed by atoms with Crippen LogP contribution in [0.3, 0.4) is 0 Å². The average Bonchev–Trinajstić information content (AvgIpc) is 3.73. The second-order valence-corrected chi connectivity index (χ2v) is 11.8. The normalized spacial score (nSPS) is 12.0. The van der Waals surface area contributed by atoms with Crippen molar-refractivity contribution in [3.8, 4) is 45.6 Å². The number of nitrogens with zero attached hydrogens (tertiary/aromatic N) is 6. The summed E-state index contributed by atoms with van der Waals surface area (Å²) in [4.78, 5) is 37.1. The molecule has 3 aromatic heterocycles. The number of hydrogen-bond acceptors (Lipinski definition) is 6. The van der Waals surface area contributed by atoms with E-state index >= 15 is 0 Å². The van der Waals surface area contributed by atoms with E-state index in [9.17, 15) is 0 Å². The third-order valence-electron chi connectivity index (χ3n) is 7.61. The number of nitrogens with one attached hydrogen (secondary N) is 2. The van der Waals surface area contributed by atoms with Gasteiger partial charge in [0.25, 0.3) is 0 Å². The molecule has 2 N–H and O–H groups in total. The van der Waals surface area contributed by atoms with Gasteiger partial charge in [-0.3, -0.25) is 0 Å². The summed E-state index contributed by atoms with van der Waals surface area (Å²) in [6.07, 6.45) is 0. The fourth-order valence-electron chi connectivity index (χ4n) is 5.72. The van der Waals surface area contributed by atoms with Gasteiger partial charge in [-0.15, -0.1) is 0 Å². The Bertz CT molecular complexity index is 2400. The van der Waals surface area contributed by atoms with Crippen LogP contribution in [0.25, 0.3) is 89.7 Å². The van der Waals surface area contributed by atoms with Crippen molar-refractivity contribution >= 4 is 70.7 Å². The molecule has 5 heterocycles. The van der Waals surface area contributed by atoms with Crippen molar-refractivity contribution in [3.63, 3.8) is 0 Å². The molecule has 9 rings (SSSR count). The molecule has 0 atom stereocenters. The van der Waals surface area contributed by atoms with Gasteiger partial charge in [-0.05, 0) is 0 Å². The van der Waals surface area contributed by atoms with Crippen LogP contribution >= 0.6 is 0 Å². The van der Waals surface area contributed by atoms with Crippen molar-refractivity contribution in [2.75, 3.05) is 0 Å². The molecule has 7 aromatic rings. The molecule has 41 heavy (non-hydrogen) atoms. The van der Waals surface area contributed by atoms with Gasteiger partial charge >= 0.3 is 241 Å². The van der Waals surface area contributed by atoms with Gasteiger partial charge in [0, 0.05) is 0 Å². The monoisotopic (exact) mass is 636 g/mol. The van der Waals surface area contributed by atoms with E-state index in [1.165, 1.54) is 3.51 Å². The van der Waals surface area contributed by atoms with Crippen molar-refractivity contribution in [2.24, 2.45) is 0 Å². The maximum atomic E-state index is 5.10. The Balaban J connectivity index is 1.52. The van der Waals surface area contributed by atoms with Crippen molar-refractivity contribution in [2.45, 2.75) is 0 Å². The molecule has 0 saturated heterocycles. The zero-order valence-electron chi connectivity index (χ0n) is 21.4. The Hall–Kier alpha value is -4.94. The summed E-state index contributed by atoms with van der Waals surface area (Å²) < 4.78 is 1.23. The van der Waals surface area contributed by atoms with E-state index in [1.807, 2.05) is 72.8 Å². The zero-order valence-corrected chi connectivity index (χ0v) is 24.7. The Labute approximate surface area is 246 Å². The van der Waals surface area contributed by atoms with Gasteiger partial charge in [-0.2, -0.15) is 0 Å². The molecule has 0 unspecified atom stereocenters. The van der Waals surface area contributed by atoms with E-state index in [4.69, 9.17) is 29.9 Å². The molecule has 9 heteroatoms. The fraction of sp³-hybridized carbons (Fsp3) is 0. The van der Waals surface area contributed by atoms with E-state index in [2.05, 4.69) is 28.2 Å². The van der Waals surface area contributed by atoms with Gasteiger partial charge in [0.1, 0.15) is 0 Å². The first-order chi connectivity index (χ1) is 20.2. The summed E-state index contributed by atoms with van der Waals surface area (Å²) in [7, 11) is 0. The fourth-order valence-corrected chi connectivity index (χ4v) is 6.87. The van der Waals surface area contributed by atoms with Crippen LogP contribution in [-0.2, 0) is 0 Å². The number of fused-ring (bicyclic) bond motifs is 20. The molecule has 0 saturated carbocycles. The molecule has 8 bridgehead atoms. The minimum absolute atomic E-state index is 0.605. The summed E-state index contributed by atoms with van der Waals surface area (Å²) in [6.45, 7) is 0. The van der Waals surface area contributed by atoms with Gasteiger partial charge < -0.3 is 0 Å². The standard InChI is InChI=1S/C32H17N8.Sb.2H/c1-2-10-18-17(9-1)25-33-26(18)38-28-21-13-5-6-14-22(21)30(35-28)40-32-24-16-8-7-15-23(24)31(36-32)39-29-20-12-4-3-11-19(20)27(34-29)37-25;;;/h1-15H,(H2,33,34,35,36,37,38,39,40);;;. The Morgan fingerprint density at radius 3 is 1.29 bits per heavy atom. The molecule has 0 radical (unpaired) electrons. The minimum atomic E-state index is 0.605. The van der Waals surface area contributed by atoms with E-state index < -0.39 is 0 Å². The quantitative estimate of drug-likeness (QED) is 0.224. The van der Waals surface area contributed by atoms with Crippen LogP contribution < -0.4 is 3.51 Å². The molecular formula is C32H19N8Sb. The number of hydrogen-bond donors (Lipinski definition) is 2.